The molecule has 2 aromatic heterocycles. The number of nitrogens with zero attached hydrogens (tertiary/aromatic N) is 2. The van der Waals surface area contributed by atoms with E-state index in [0.717, 1.165) is 22.3 Å². The molecule has 0 aliphatic rings. The Labute approximate surface area is 168 Å². The maximum Gasteiger partial charge on any atom is 0.0756 e. The normalized spacial score (nSPS) is 9.85. The van der Waals surface area contributed by atoms with Crippen molar-refractivity contribution in [3.8, 4) is 0 Å². The van der Waals surface area contributed by atoms with E-state index in [1.54, 1.807) is 6.20 Å². The van der Waals surface area contributed by atoms with Crippen LogP contribution < -0.4 is 5.32 Å². The van der Waals surface area contributed by atoms with Crippen LogP contribution in [0, 0.1) is 6.92 Å². The van der Waals surface area contributed by atoms with E-state index in [-0.39, 0.29) is 0 Å². The monoisotopic (exact) mass is 373 g/mol. The second kappa shape index (κ2) is 17.8. The molecular formula is C24H43N3. The van der Waals surface area contributed by atoms with Crippen molar-refractivity contribution in [1.29, 1.82) is 0 Å². The molecule has 3 heteroatoms. The molecule has 0 amide bonds. The van der Waals surface area contributed by atoms with E-state index in [4.69, 9.17) is 0 Å². The van der Waals surface area contributed by atoms with Crippen molar-refractivity contribution in [3.05, 3.63) is 30.2 Å². The fourth-order valence-electron chi connectivity index (χ4n) is 2.76. The third kappa shape index (κ3) is 12.4. The van der Waals surface area contributed by atoms with Gasteiger partial charge in [-0.1, -0.05) is 91.9 Å². The summed E-state index contributed by atoms with van der Waals surface area (Å²) in [7, 11) is 1.90. The number of aryl methyl sites for hydroxylation is 1. The third-order valence-corrected chi connectivity index (χ3v) is 4.42. The number of anilines is 1. The maximum absolute atomic E-state index is 4.40. The quantitative estimate of drug-likeness (QED) is 0.453. The SMILES string of the molecule is CCCCCCC.CCCCCCC.CNc1cc(C)nc2ccncc12. The van der Waals surface area contributed by atoms with Crippen molar-refractivity contribution in [2.24, 2.45) is 0 Å². The Morgan fingerprint density at radius 2 is 1.33 bits per heavy atom. The highest BCUT2D eigenvalue weighted by Crippen LogP contribution is 2.20. The number of aromatic nitrogens is 2. The lowest BCUT2D eigenvalue weighted by molar-refractivity contribution is 0.656. The van der Waals surface area contributed by atoms with Gasteiger partial charge < -0.3 is 5.32 Å². The Morgan fingerprint density at radius 3 is 1.78 bits per heavy atom. The molecule has 0 saturated heterocycles. The van der Waals surface area contributed by atoms with Gasteiger partial charge in [-0.2, -0.15) is 0 Å². The molecule has 0 bridgehead atoms. The fraction of sp³-hybridized carbons (Fsp3) is 0.667. The van der Waals surface area contributed by atoms with Gasteiger partial charge in [-0.05, 0) is 19.1 Å². The Morgan fingerprint density at radius 1 is 0.815 bits per heavy atom. The smallest absolute Gasteiger partial charge is 0.0756 e. The molecule has 3 nitrogen and oxygen atoms in total. The van der Waals surface area contributed by atoms with Crippen molar-refractivity contribution in [3.63, 3.8) is 0 Å². The number of pyridine rings is 2. The Balaban J connectivity index is 0.000000416. The zero-order chi connectivity index (χ0) is 20.3. The summed E-state index contributed by atoms with van der Waals surface area (Å²) in [6, 6.07) is 3.94. The van der Waals surface area contributed by atoms with Gasteiger partial charge in [-0.3, -0.25) is 9.97 Å². The van der Waals surface area contributed by atoms with Gasteiger partial charge in [0.25, 0.3) is 0 Å². The molecule has 0 unspecified atom stereocenters. The van der Waals surface area contributed by atoms with Gasteiger partial charge in [0, 0.05) is 36.2 Å². The largest absolute Gasteiger partial charge is 0.387 e. The highest BCUT2D eigenvalue weighted by molar-refractivity contribution is 5.90. The zero-order valence-corrected chi connectivity index (χ0v) is 18.8. The van der Waals surface area contributed by atoms with Gasteiger partial charge in [0.05, 0.1) is 5.52 Å². The summed E-state index contributed by atoms with van der Waals surface area (Å²) < 4.78 is 0. The minimum atomic E-state index is 0.986. The molecule has 0 aliphatic carbocycles. The van der Waals surface area contributed by atoms with Crippen LogP contribution in [0.15, 0.2) is 24.5 Å². The number of hydrogen-bond acceptors (Lipinski definition) is 3. The molecule has 0 aromatic carbocycles. The van der Waals surface area contributed by atoms with Crippen LogP contribution in [-0.2, 0) is 0 Å². The summed E-state index contributed by atoms with van der Waals surface area (Å²) in [5.41, 5.74) is 3.08. The van der Waals surface area contributed by atoms with E-state index in [9.17, 15) is 0 Å². The first-order valence-corrected chi connectivity index (χ1v) is 11.0. The van der Waals surface area contributed by atoms with Crippen LogP contribution in [0.1, 0.15) is 97.6 Å². The molecule has 0 spiro atoms. The van der Waals surface area contributed by atoms with Gasteiger partial charge in [-0.25, -0.2) is 0 Å². The second-order valence-electron chi connectivity index (χ2n) is 7.08. The van der Waals surface area contributed by atoms with Crippen LogP contribution in [0.2, 0.25) is 0 Å². The molecule has 2 rings (SSSR count). The van der Waals surface area contributed by atoms with Crippen LogP contribution in [0.4, 0.5) is 5.69 Å². The number of rotatable bonds is 9. The van der Waals surface area contributed by atoms with Crippen molar-refractivity contribution in [1.82, 2.24) is 9.97 Å². The number of unbranched alkanes of at least 4 members (excludes halogenated alkanes) is 8. The second-order valence-corrected chi connectivity index (χ2v) is 7.08. The van der Waals surface area contributed by atoms with Gasteiger partial charge >= 0.3 is 0 Å². The van der Waals surface area contributed by atoms with Crippen molar-refractivity contribution < 1.29 is 0 Å². The topological polar surface area (TPSA) is 37.8 Å². The summed E-state index contributed by atoms with van der Waals surface area (Å²) in [6.45, 7) is 11.0. The molecule has 0 fully saturated rings. The van der Waals surface area contributed by atoms with Crippen LogP contribution in [-0.4, -0.2) is 17.0 Å². The Kier molecular flexibility index (Phi) is 16.7. The average molecular weight is 374 g/mol. The van der Waals surface area contributed by atoms with E-state index in [1.807, 2.05) is 32.3 Å². The predicted octanol–water partition coefficient (Wildman–Crippen LogP) is 7.93. The van der Waals surface area contributed by atoms with Crippen LogP contribution in [0.3, 0.4) is 0 Å². The molecule has 2 aromatic rings. The molecule has 0 aliphatic heterocycles. The summed E-state index contributed by atoms with van der Waals surface area (Å²) in [4.78, 5) is 8.48. The summed E-state index contributed by atoms with van der Waals surface area (Å²) in [5, 5.41) is 4.20. The Bertz CT molecular complexity index is 563. The minimum Gasteiger partial charge on any atom is -0.387 e. The lowest BCUT2D eigenvalue weighted by Crippen LogP contribution is -1.93. The van der Waals surface area contributed by atoms with Gasteiger partial charge in [0.2, 0.25) is 0 Å². The molecule has 0 saturated carbocycles. The van der Waals surface area contributed by atoms with Gasteiger partial charge in [0.15, 0.2) is 0 Å². The number of hydrogen-bond donors (Lipinski definition) is 1. The number of fused-ring (bicyclic) bond motifs is 1. The molecule has 0 atom stereocenters. The predicted molar refractivity (Wildman–Crippen MR) is 123 cm³/mol. The van der Waals surface area contributed by atoms with E-state index in [0.29, 0.717) is 0 Å². The lowest BCUT2D eigenvalue weighted by Gasteiger charge is -2.05. The van der Waals surface area contributed by atoms with E-state index in [2.05, 4.69) is 43.0 Å². The van der Waals surface area contributed by atoms with Crippen molar-refractivity contribution >= 4 is 16.6 Å². The van der Waals surface area contributed by atoms with Gasteiger partial charge in [-0.15, -0.1) is 0 Å². The Hall–Kier alpha value is -1.64. The molecule has 27 heavy (non-hydrogen) atoms. The van der Waals surface area contributed by atoms with Crippen molar-refractivity contribution in [2.45, 2.75) is 98.8 Å². The van der Waals surface area contributed by atoms with Crippen LogP contribution in [0.5, 0.6) is 0 Å². The van der Waals surface area contributed by atoms with Gasteiger partial charge in [0.1, 0.15) is 0 Å². The highest BCUT2D eigenvalue weighted by Gasteiger charge is 2.00. The standard InChI is InChI=1S/C10H11N3.2C7H16/c1-7-5-10(11-2)8-6-12-4-3-9(8)13-7;2*1-3-5-7-6-4-2/h3-6H,1-2H3,(H,11,13);2*3-7H2,1-2H3. The molecule has 1 N–H and O–H groups in total. The summed E-state index contributed by atoms with van der Waals surface area (Å²) in [5.74, 6) is 0. The fourth-order valence-corrected chi connectivity index (χ4v) is 2.76. The van der Waals surface area contributed by atoms with E-state index < -0.39 is 0 Å². The molecule has 154 valence electrons. The first kappa shape index (κ1) is 25.4. The first-order chi connectivity index (χ1) is 13.1. The lowest BCUT2D eigenvalue weighted by atomic mass is 10.2. The van der Waals surface area contributed by atoms with E-state index >= 15 is 0 Å². The average Bonchev–Trinajstić information content (AvgIpc) is 2.69. The third-order valence-electron chi connectivity index (χ3n) is 4.42. The number of nitrogens with one attached hydrogen (secondary N) is 1. The minimum absolute atomic E-state index is 0.986. The molecule has 0 radical (unpaired) electrons. The molecule has 2 heterocycles. The van der Waals surface area contributed by atoms with Crippen LogP contribution >= 0.6 is 0 Å². The molecular weight excluding hydrogens is 330 g/mol. The maximum atomic E-state index is 4.40. The zero-order valence-electron chi connectivity index (χ0n) is 18.8. The van der Waals surface area contributed by atoms with Crippen LogP contribution in [0.25, 0.3) is 10.9 Å². The summed E-state index contributed by atoms with van der Waals surface area (Å²) >= 11 is 0. The highest BCUT2D eigenvalue weighted by atomic mass is 14.8. The van der Waals surface area contributed by atoms with E-state index in [1.165, 1.54) is 64.2 Å². The first-order valence-electron chi connectivity index (χ1n) is 11.0. The van der Waals surface area contributed by atoms with Crippen molar-refractivity contribution in [2.75, 3.05) is 12.4 Å². The summed E-state index contributed by atoms with van der Waals surface area (Å²) in [6.07, 6.45) is 17.6.